The van der Waals surface area contributed by atoms with Crippen LogP contribution in [0, 0.1) is 22.9 Å². The predicted octanol–water partition coefficient (Wildman–Crippen LogP) is 2.15. The van der Waals surface area contributed by atoms with Crippen LogP contribution in [0.5, 0.6) is 0 Å². The maximum atomic E-state index is 13.6. The normalized spacial score (nSPS) is 10.1. The molecule has 92 valence electrons. The van der Waals surface area contributed by atoms with Gasteiger partial charge >= 0.3 is 5.97 Å². The number of hydrogen-bond acceptors (Lipinski definition) is 4. The first kappa shape index (κ1) is 13.1. The molecule has 0 atom stereocenters. The Labute approximate surface area is 97.3 Å². The summed E-state index contributed by atoms with van der Waals surface area (Å²) >= 11 is 0. The highest BCUT2D eigenvalue weighted by Crippen LogP contribution is 2.21. The van der Waals surface area contributed by atoms with Crippen LogP contribution in [0.15, 0.2) is 12.1 Å². The van der Waals surface area contributed by atoms with E-state index in [1.165, 1.54) is 6.92 Å². The molecule has 1 aromatic carbocycles. The fourth-order valence-electron chi connectivity index (χ4n) is 1.42. The molecule has 0 fully saturated rings. The van der Waals surface area contributed by atoms with E-state index in [2.05, 4.69) is 4.74 Å². The van der Waals surface area contributed by atoms with Crippen molar-refractivity contribution in [1.29, 1.82) is 0 Å². The number of halogens is 1. The van der Waals surface area contributed by atoms with Gasteiger partial charge in [-0.3, -0.25) is 14.9 Å². The smallest absolute Gasteiger partial charge is 0.310 e. The topological polar surface area (TPSA) is 69.4 Å². The van der Waals surface area contributed by atoms with Crippen LogP contribution in [-0.4, -0.2) is 17.5 Å². The van der Waals surface area contributed by atoms with Crippen molar-refractivity contribution in [1.82, 2.24) is 0 Å². The van der Waals surface area contributed by atoms with Crippen LogP contribution in [0.2, 0.25) is 0 Å². The van der Waals surface area contributed by atoms with Crippen LogP contribution in [0.25, 0.3) is 0 Å². The molecule has 1 aromatic rings. The number of hydrogen-bond donors (Lipinski definition) is 0. The van der Waals surface area contributed by atoms with E-state index in [-0.39, 0.29) is 29.8 Å². The van der Waals surface area contributed by atoms with E-state index in [9.17, 15) is 19.3 Å². The van der Waals surface area contributed by atoms with Gasteiger partial charge in [0.1, 0.15) is 5.82 Å². The number of aryl methyl sites for hydroxylation is 1. The number of nitro groups is 1. The van der Waals surface area contributed by atoms with Crippen molar-refractivity contribution in [3.63, 3.8) is 0 Å². The van der Waals surface area contributed by atoms with Gasteiger partial charge in [-0.25, -0.2) is 4.39 Å². The predicted molar refractivity (Wildman–Crippen MR) is 58.1 cm³/mol. The number of nitro benzene ring substituents is 1. The van der Waals surface area contributed by atoms with Gasteiger partial charge in [-0.15, -0.1) is 0 Å². The molecule has 0 radical (unpaired) electrons. The molecular weight excluding hydrogens is 229 g/mol. The summed E-state index contributed by atoms with van der Waals surface area (Å²) in [7, 11) is 0. The summed E-state index contributed by atoms with van der Waals surface area (Å²) < 4.78 is 18.3. The average molecular weight is 241 g/mol. The Kier molecular flexibility index (Phi) is 4.14. The van der Waals surface area contributed by atoms with Gasteiger partial charge < -0.3 is 4.74 Å². The molecule has 0 aliphatic carbocycles. The molecule has 0 aromatic heterocycles. The van der Waals surface area contributed by atoms with Gasteiger partial charge in [0.2, 0.25) is 0 Å². The van der Waals surface area contributed by atoms with Crippen LogP contribution < -0.4 is 0 Å². The minimum absolute atomic E-state index is 0.0184. The van der Waals surface area contributed by atoms with Gasteiger partial charge in [0, 0.05) is 17.7 Å². The van der Waals surface area contributed by atoms with Crippen LogP contribution in [0.3, 0.4) is 0 Å². The van der Waals surface area contributed by atoms with Crippen molar-refractivity contribution >= 4 is 11.7 Å². The van der Waals surface area contributed by atoms with Crippen molar-refractivity contribution in [3.8, 4) is 0 Å². The molecule has 0 spiro atoms. The SMILES string of the molecule is CCOC(=O)Cc1cc([N+](=O)[O-])cc(C)c1F. The number of nitrogens with zero attached hydrogens (tertiary/aromatic N) is 1. The molecule has 0 unspecified atom stereocenters. The zero-order chi connectivity index (χ0) is 13.0. The first-order chi connectivity index (χ1) is 7.95. The number of carbonyl (C=O) groups is 1. The molecule has 1 rings (SSSR count). The summed E-state index contributed by atoms with van der Waals surface area (Å²) in [5.41, 5.74) is -0.114. The van der Waals surface area contributed by atoms with E-state index in [0.717, 1.165) is 12.1 Å². The highest BCUT2D eigenvalue weighted by molar-refractivity contribution is 5.73. The lowest BCUT2D eigenvalue weighted by molar-refractivity contribution is -0.385. The Hall–Kier alpha value is -1.98. The number of non-ortho nitro benzene ring substituents is 1. The van der Waals surface area contributed by atoms with Gasteiger partial charge in [-0.2, -0.15) is 0 Å². The summed E-state index contributed by atoms with van der Waals surface area (Å²) in [5, 5.41) is 10.6. The maximum absolute atomic E-state index is 13.6. The summed E-state index contributed by atoms with van der Waals surface area (Å²) in [6.07, 6.45) is -0.303. The molecule has 0 heterocycles. The van der Waals surface area contributed by atoms with E-state index in [4.69, 9.17) is 0 Å². The van der Waals surface area contributed by atoms with E-state index in [1.807, 2.05) is 0 Å². The molecule has 6 heteroatoms. The number of benzene rings is 1. The van der Waals surface area contributed by atoms with Crippen molar-refractivity contribution in [2.45, 2.75) is 20.3 Å². The highest BCUT2D eigenvalue weighted by Gasteiger charge is 2.17. The third-order valence-electron chi connectivity index (χ3n) is 2.17. The molecule has 0 saturated heterocycles. The van der Waals surface area contributed by atoms with Crippen molar-refractivity contribution in [3.05, 3.63) is 39.2 Å². The van der Waals surface area contributed by atoms with E-state index in [0.29, 0.717) is 0 Å². The third kappa shape index (κ3) is 3.24. The Morgan fingerprint density at radius 3 is 2.71 bits per heavy atom. The number of ether oxygens (including phenoxy) is 1. The Balaban J connectivity index is 3.05. The summed E-state index contributed by atoms with van der Waals surface area (Å²) in [6.45, 7) is 3.23. The van der Waals surface area contributed by atoms with Crippen LogP contribution >= 0.6 is 0 Å². The van der Waals surface area contributed by atoms with Crippen LogP contribution in [0.4, 0.5) is 10.1 Å². The molecule has 17 heavy (non-hydrogen) atoms. The van der Waals surface area contributed by atoms with Crippen molar-refractivity contribution in [2.24, 2.45) is 0 Å². The minimum atomic E-state index is -0.624. The maximum Gasteiger partial charge on any atom is 0.310 e. The summed E-state index contributed by atoms with van der Waals surface area (Å²) in [4.78, 5) is 21.2. The fourth-order valence-corrected chi connectivity index (χ4v) is 1.42. The van der Waals surface area contributed by atoms with Gasteiger partial charge in [-0.1, -0.05) is 0 Å². The largest absolute Gasteiger partial charge is 0.466 e. The third-order valence-corrected chi connectivity index (χ3v) is 2.17. The van der Waals surface area contributed by atoms with Crippen LogP contribution in [0.1, 0.15) is 18.1 Å². The lowest BCUT2D eigenvalue weighted by atomic mass is 10.1. The number of carbonyl (C=O) groups excluding carboxylic acids is 1. The lowest BCUT2D eigenvalue weighted by Crippen LogP contribution is -2.10. The molecule has 0 aliphatic rings. The molecule has 0 aliphatic heterocycles. The highest BCUT2D eigenvalue weighted by atomic mass is 19.1. The monoisotopic (exact) mass is 241 g/mol. The van der Waals surface area contributed by atoms with E-state index < -0.39 is 16.7 Å². The van der Waals surface area contributed by atoms with Gasteiger partial charge in [0.25, 0.3) is 5.69 Å². The molecule has 0 N–H and O–H groups in total. The van der Waals surface area contributed by atoms with Gasteiger partial charge in [-0.05, 0) is 19.4 Å². The standard InChI is InChI=1S/C11H12FNO4/c1-3-17-10(14)6-8-5-9(13(15)16)4-7(2)11(8)12/h4-5H,3,6H2,1-2H3. The number of esters is 1. The lowest BCUT2D eigenvalue weighted by Gasteiger charge is -2.05. The van der Waals surface area contributed by atoms with Gasteiger partial charge in [0.15, 0.2) is 0 Å². The van der Waals surface area contributed by atoms with E-state index >= 15 is 0 Å². The summed E-state index contributed by atoms with van der Waals surface area (Å²) in [6, 6.07) is 2.18. The molecular formula is C11H12FNO4. The second-order valence-electron chi connectivity index (χ2n) is 3.47. The zero-order valence-electron chi connectivity index (χ0n) is 9.53. The molecule has 0 amide bonds. The zero-order valence-corrected chi connectivity index (χ0v) is 9.53. The number of rotatable bonds is 4. The quantitative estimate of drug-likeness (QED) is 0.460. The van der Waals surface area contributed by atoms with E-state index in [1.54, 1.807) is 6.92 Å². The van der Waals surface area contributed by atoms with Crippen LogP contribution in [-0.2, 0) is 16.0 Å². The second kappa shape index (κ2) is 5.38. The molecule has 0 bridgehead atoms. The van der Waals surface area contributed by atoms with Gasteiger partial charge in [0.05, 0.1) is 18.0 Å². The second-order valence-corrected chi connectivity index (χ2v) is 3.47. The Morgan fingerprint density at radius 2 is 2.18 bits per heavy atom. The molecule has 0 saturated carbocycles. The van der Waals surface area contributed by atoms with Crippen molar-refractivity contribution < 1.29 is 18.8 Å². The summed E-state index contributed by atoms with van der Waals surface area (Å²) in [5.74, 6) is -1.21. The first-order valence-corrected chi connectivity index (χ1v) is 5.04. The first-order valence-electron chi connectivity index (χ1n) is 5.04. The Morgan fingerprint density at radius 1 is 1.53 bits per heavy atom. The Bertz CT molecular complexity index is 459. The van der Waals surface area contributed by atoms with Crippen molar-refractivity contribution in [2.75, 3.05) is 6.61 Å². The molecule has 5 nitrogen and oxygen atoms in total. The fraction of sp³-hybridized carbons (Fsp3) is 0.364. The average Bonchev–Trinajstić information content (AvgIpc) is 2.24. The minimum Gasteiger partial charge on any atom is -0.466 e.